The number of aliphatic carboxylic acids is 2. The molecule has 0 aromatic rings. The van der Waals surface area contributed by atoms with E-state index in [0.717, 1.165) is 0 Å². The average molecular weight is 228 g/mol. The summed E-state index contributed by atoms with van der Waals surface area (Å²) >= 11 is 0. The topological polar surface area (TPSA) is 130 Å². The molecule has 0 aliphatic heterocycles. The fourth-order valence-corrected chi connectivity index (χ4v) is 0.976. The number of carboxylic acids is 2. The van der Waals surface area contributed by atoms with Crippen LogP contribution in [0.4, 0.5) is 0 Å². The lowest BCUT2D eigenvalue weighted by Gasteiger charge is -2.24. The lowest BCUT2D eigenvalue weighted by atomic mass is 9.94. The molecule has 5 N–H and O–H groups in total. The van der Waals surface area contributed by atoms with Crippen molar-refractivity contribution in [2.75, 3.05) is 6.54 Å². The van der Waals surface area contributed by atoms with Gasteiger partial charge < -0.3 is 21.3 Å². The van der Waals surface area contributed by atoms with Crippen molar-refractivity contribution in [1.82, 2.24) is 5.32 Å². The highest BCUT2D eigenvalue weighted by Gasteiger charge is 2.38. The Morgan fingerprint density at radius 1 is 1.38 bits per heavy atom. The van der Waals surface area contributed by atoms with E-state index < -0.39 is 42.8 Å². The van der Waals surface area contributed by atoms with E-state index in [9.17, 15) is 14.4 Å². The summed E-state index contributed by atoms with van der Waals surface area (Å²) in [6.45, 7) is -0.427. The first-order valence-corrected chi connectivity index (χ1v) is 4.32. The highest BCUT2D eigenvalue weighted by molar-refractivity contribution is 5.91. The third kappa shape index (κ3) is 3.59. The van der Waals surface area contributed by atoms with E-state index >= 15 is 0 Å². The van der Waals surface area contributed by atoms with Crippen LogP contribution in [0.5, 0.6) is 0 Å². The van der Waals surface area contributed by atoms with E-state index in [2.05, 4.69) is 0 Å². The summed E-state index contributed by atoms with van der Waals surface area (Å²) in [6, 6.07) is 0. The molecule has 0 spiro atoms. The normalized spacial score (nSPS) is 13.2. The van der Waals surface area contributed by atoms with E-state index in [1.54, 1.807) is 0 Å². The second-order valence-corrected chi connectivity index (χ2v) is 3.00. The van der Waals surface area contributed by atoms with Crippen molar-refractivity contribution >= 4 is 17.8 Å². The van der Waals surface area contributed by atoms with Gasteiger partial charge in [-0.25, -0.2) is 4.79 Å². The van der Waals surface area contributed by atoms with Crippen LogP contribution < -0.4 is 11.1 Å². The van der Waals surface area contributed by atoms with Gasteiger partial charge in [-0.05, 0) is 0 Å². The molecule has 0 rings (SSSR count). The van der Waals surface area contributed by atoms with Gasteiger partial charge in [-0.1, -0.05) is 5.92 Å². The van der Waals surface area contributed by atoms with E-state index in [-0.39, 0.29) is 0 Å². The van der Waals surface area contributed by atoms with E-state index in [4.69, 9.17) is 22.4 Å². The Hall–Kier alpha value is -2.07. The number of hydrogen-bond acceptors (Lipinski definition) is 4. The van der Waals surface area contributed by atoms with Crippen molar-refractivity contribution in [3.63, 3.8) is 0 Å². The molecule has 16 heavy (non-hydrogen) atoms. The third-order valence-electron chi connectivity index (χ3n) is 1.86. The molecule has 0 aliphatic carbocycles. The molecule has 0 heterocycles. The van der Waals surface area contributed by atoms with Crippen LogP contribution in [-0.4, -0.2) is 40.1 Å². The van der Waals surface area contributed by atoms with Gasteiger partial charge >= 0.3 is 11.9 Å². The van der Waals surface area contributed by atoms with E-state index in [0.29, 0.717) is 0 Å². The Kier molecular flexibility index (Phi) is 4.98. The van der Waals surface area contributed by atoms with Crippen LogP contribution >= 0.6 is 0 Å². The molecule has 0 aromatic heterocycles. The minimum atomic E-state index is -2.02. The zero-order valence-electron chi connectivity index (χ0n) is 8.40. The van der Waals surface area contributed by atoms with Crippen LogP contribution in [0.2, 0.25) is 0 Å². The fourth-order valence-electron chi connectivity index (χ4n) is 0.976. The Morgan fingerprint density at radius 3 is 2.25 bits per heavy atom. The zero-order chi connectivity index (χ0) is 12.8. The Balaban J connectivity index is 4.87. The zero-order valence-corrected chi connectivity index (χ0v) is 8.40. The van der Waals surface area contributed by atoms with Gasteiger partial charge in [0, 0.05) is 12.8 Å². The van der Waals surface area contributed by atoms with Crippen LogP contribution in [0.25, 0.3) is 0 Å². The molecule has 0 saturated carbocycles. The summed E-state index contributed by atoms with van der Waals surface area (Å²) in [5, 5.41) is 19.4. The summed E-state index contributed by atoms with van der Waals surface area (Å²) in [5.41, 5.74) is 2.98. The smallest absolute Gasteiger partial charge is 0.342 e. The minimum absolute atomic E-state index is 0.403. The molecule has 7 nitrogen and oxygen atoms in total. The molecule has 0 aromatic carbocycles. The number of amides is 1. The maximum absolute atomic E-state index is 11.0. The molecule has 1 amide bonds. The molecule has 0 radical (unpaired) electrons. The Bertz CT molecular complexity index is 346. The molecular weight excluding hydrogens is 216 g/mol. The van der Waals surface area contributed by atoms with Crippen LogP contribution in [-0.2, 0) is 14.4 Å². The number of nitrogens with one attached hydrogen (secondary N) is 1. The fraction of sp³-hybridized carbons (Fsp3) is 0.444. The standard InChI is InChI=1S/C9H12N2O5/c1-2-9(8(15)16,4-3-7(13)14)11-6(12)5-10/h1H,3-5,10H2,(H,11,12)(H,13,14)(H,15,16). The van der Waals surface area contributed by atoms with Crippen molar-refractivity contribution in [2.24, 2.45) is 5.73 Å². The number of terminal acetylenes is 1. The van der Waals surface area contributed by atoms with Crippen LogP contribution in [0, 0.1) is 12.3 Å². The monoisotopic (exact) mass is 228 g/mol. The second kappa shape index (κ2) is 5.72. The summed E-state index contributed by atoms with van der Waals surface area (Å²) in [7, 11) is 0. The van der Waals surface area contributed by atoms with Gasteiger partial charge in [-0.15, -0.1) is 6.42 Å². The molecule has 0 bridgehead atoms. The maximum atomic E-state index is 11.0. The SMILES string of the molecule is C#CC(CCC(=O)O)(NC(=O)CN)C(=O)O. The van der Waals surface area contributed by atoms with Gasteiger partial charge in [0.05, 0.1) is 6.54 Å². The van der Waals surface area contributed by atoms with Crippen LogP contribution in [0.1, 0.15) is 12.8 Å². The predicted octanol–water partition coefficient (Wildman–Crippen LogP) is -1.62. The van der Waals surface area contributed by atoms with Gasteiger partial charge in [0.2, 0.25) is 5.91 Å². The van der Waals surface area contributed by atoms with Gasteiger partial charge in [0.25, 0.3) is 0 Å². The molecular formula is C9H12N2O5. The highest BCUT2D eigenvalue weighted by atomic mass is 16.4. The Morgan fingerprint density at radius 2 is 1.94 bits per heavy atom. The van der Waals surface area contributed by atoms with Crippen molar-refractivity contribution in [2.45, 2.75) is 18.4 Å². The first-order valence-electron chi connectivity index (χ1n) is 4.32. The van der Waals surface area contributed by atoms with Gasteiger partial charge in [0.1, 0.15) is 0 Å². The van der Waals surface area contributed by atoms with Crippen molar-refractivity contribution in [1.29, 1.82) is 0 Å². The average Bonchev–Trinajstić information content (AvgIpc) is 2.23. The molecule has 88 valence electrons. The maximum Gasteiger partial charge on any atom is 0.342 e. The van der Waals surface area contributed by atoms with E-state index in [1.165, 1.54) is 0 Å². The summed E-state index contributed by atoms with van der Waals surface area (Å²) < 4.78 is 0. The highest BCUT2D eigenvalue weighted by Crippen LogP contribution is 2.12. The molecule has 0 fully saturated rings. The molecule has 0 aliphatic rings. The lowest BCUT2D eigenvalue weighted by Crippen LogP contribution is -2.55. The number of nitrogens with two attached hydrogens (primary N) is 1. The van der Waals surface area contributed by atoms with Gasteiger partial charge in [-0.2, -0.15) is 0 Å². The largest absolute Gasteiger partial charge is 0.481 e. The van der Waals surface area contributed by atoms with Crippen LogP contribution in [0.15, 0.2) is 0 Å². The lowest BCUT2D eigenvalue weighted by molar-refractivity contribution is -0.146. The number of carbonyl (C=O) groups is 3. The quantitative estimate of drug-likeness (QED) is 0.404. The molecule has 1 atom stereocenters. The second-order valence-electron chi connectivity index (χ2n) is 3.00. The first kappa shape index (κ1) is 13.9. The van der Waals surface area contributed by atoms with Crippen molar-refractivity contribution < 1.29 is 24.6 Å². The number of rotatable bonds is 6. The molecule has 1 unspecified atom stereocenters. The first-order chi connectivity index (χ1) is 7.38. The molecule has 0 saturated heterocycles. The molecule has 7 heteroatoms. The number of carbonyl (C=O) groups excluding carboxylic acids is 1. The Labute approximate surface area is 91.6 Å². The van der Waals surface area contributed by atoms with Gasteiger partial charge in [0.15, 0.2) is 5.54 Å². The number of hydrogen-bond donors (Lipinski definition) is 4. The summed E-state index contributed by atoms with van der Waals surface area (Å²) in [5.74, 6) is -1.57. The van der Waals surface area contributed by atoms with Crippen LogP contribution in [0.3, 0.4) is 0 Å². The predicted molar refractivity (Wildman–Crippen MR) is 53.3 cm³/mol. The van der Waals surface area contributed by atoms with Crippen molar-refractivity contribution in [3.05, 3.63) is 0 Å². The van der Waals surface area contributed by atoms with E-state index in [1.807, 2.05) is 11.2 Å². The summed E-state index contributed by atoms with van der Waals surface area (Å²) in [4.78, 5) is 32.3. The number of carboxylic acid groups (broad SMARTS) is 2. The third-order valence-corrected chi connectivity index (χ3v) is 1.86. The van der Waals surface area contributed by atoms with Gasteiger partial charge in [-0.3, -0.25) is 9.59 Å². The summed E-state index contributed by atoms with van der Waals surface area (Å²) in [6.07, 6.45) is 4.14. The minimum Gasteiger partial charge on any atom is -0.481 e. The van der Waals surface area contributed by atoms with Crippen molar-refractivity contribution in [3.8, 4) is 12.3 Å².